The maximum Gasteiger partial charge on any atom is 0.454 e. The van der Waals surface area contributed by atoms with Gasteiger partial charge in [-0.2, -0.15) is 13.2 Å². The lowest BCUT2D eigenvalue weighted by Crippen LogP contribution is -2.27. The van der Waals surface area contributed by atoms with Crippen molar-refractivity contribution in [3.63, 3.8) is 0 Å². The van der Waals surface area contributed by atoms with Crippen LogP contribution in [-0.4, -0.2) is 19.0 Å². The van der Waals surface area contributed by atoms with Crippen molar-refractivity contribution in [2.45, 2.75) is 19.0 Å². The number of para-hydroxylation sites is 1. The summed E-state index contributed by atoms with van der Waals surface area (Å²) >= 11 is 0. The van der Waals surface area contributed by atoms with Crippen molar-refractivity contribution in [3.8, 4) is 0 Å². The van der Waals surface area contributed by atoms with Crippen molar-refractivity contribution in [1.82, 2.24) is 0 Å². The van der Waals surface area contributed by atoms with Gasteiger partial charge in [0.25, 0.3) is 5.78 Å². The summed E-state index contributed by atoms with van der Waals surface area (Å²) in [5.41, 5.74) is 0.682. The van der Waals surface area contributed by atoms with Crippen LogP contribution >= 0.6 is 0 Å². The van der Waals surface area contributed by atoms with Gasteiger partial charge in [-0.25, -0.2) is 0 Å². The van der Waals surface area contributed by atoms with Gasteiger partial charge in [0, 0.05) is 18.9 Å². The molecule has 22 heavy (non-hydrogen) atoms. The molecule has 1 aromatic rings. The summed E-state index contributed by atoms with van der Waals surface area (Å²) < 4.78 is 38.5. The summed E-state index contributed by atoms with van der Waals surface area (Å²) in [4.78, 5) is 13.3. The Morgan fingerprint density at radius 2 is 1.86 bits per heavy atom. The van der Waals surface area contributed by atoms with Gasteiger partial charge in [-0.05, 0) is 30.5 Å². The Morgan fingerprint density at radius 1 is 1.18 bits per heavy atom. The number of anilines is 1. The molecule has 2 nitrogen and oxygen atoms in total. The zero-order valence-corrected chi connectivity index (χ0v) is 12.1. The van der Waals surface area contributed by atoms with Gasteiger partial charge in [0.2, 0.25) is 0 Å². The molecule has 2 rings (SSSR count). The number of alkyl halides is 3. The fourth-order valence-corrected chi connectivity index (χ4v) is 2.16. The van der Waals surface area contributed by atoms with E-state index in [1.807, 2.05) is 6.07 Å². The number of carbonyl (C=O) groups excluding carboxylic acids is 1. The number of allylic oxidation sites excluding steroid dienone is 5. The Morgan fingerprint density at radius 3 is 2.41 bits per heavy atom. The summed E-state index contributed by atoms with van der Waals surface area (Å²) in [6, 6.07) is 8.90. The van der Waals surface area contributed by atoms with Crippen LogP contribution < -0.4 is 4.90 Å². The van der Waals surface area contributed by atoms with E-state index >= 15 is 0 Å². The first kappa shape index (κ1) is 16.1. The van der Waals surface area contributed by atoms with Gasteiger partial charge in [0.1, 0.15) is 0 Å². The molecule has 0 unspecified atom stereocenters. The van der Waals surface area contributed by atoms with Gasteiger partial charge in [-0.3, -0.25) is 4.79 Å². The van der Waals surface area contributed by atoms with Crippen molar-refractivity contribution in [2.75, 3.05) is 11.9 Å². The minimum absolute atomic E-state index is 0.316. The highest BCUT2D eigenvalue weighted by Crippen LogP contribution is 2.28. The Bertz CT molecular complexity index is 627. The average Bonchev–Trinajstić information content (AvgIpc) is 2.52. The highest BCUT2D eigenvalue weighted by Gasteiger charge is 2.41. The Balaban J connectivity index is 2.40. The van der Waals surface area contributed by atoms with E-state index < -0.39 is 12.0 Å². The van der Waals surface area contributed by atoms with E-state index in [2.05, 4.69) is 0 Å². The molecule has 0 bridgehead atoms. The highest BCUT2D eigenvalue weighted by molar-refractivity contribution is 6.04. The molecule has 0 fully saturated rings. The van der Waals surface area contributed by atoms with Crippen LogP contribution in [0.5, 0.6) is 0 Å². The first-order valence-corrected chi connectivity index (χ1v) is 6.88. The lowest BCUT2D eigenvalue weighted by Gasteiger charge is -2.19. The topological polar surface area (TPSA) is 20.3 Å². The summed E-state index contributed by atoms with van der Waals surface area (Å²) in [6.07, 6.45) is 2.75. The number of nitrogens with zero attached hydrogens (tertiary/aromatic N) is 1. The molecule has 0 amide bonds. The fourth-order valence-electron chi connectivity index (χ4n) is 2.16. The smallest absolute Gasteiger partial charge is 0.350 e. The molecule has 0 aliphatic heterocycles. The van der Waals surface area contributed by atoms with Crippen LogP contribution in [0.25, 0.3) is 0 Å². The van der Waals surface area contributed by atoms with Crippen molar-refractivity contribution in [3.05, 3.63) is 65.9 Å². The van der Waals surface area contributed by atoms with E-state index in [4.69, 9.17) is 0 Å². The first-order chi connectivity index (χ1) is 10.4. The van der Waals surface area contributed by atoms with Gasteiger partial charge in [-0.15, -0.1) is 0 Å². The molecule has 1 aliphatic rings. The second-order valence-corrected chi connectivity index (χ2v) is 4.96. The molecule has 0 spiro atoms. The molecule has 1 aliphatic carbocycles. The van der Waals surface area contributed by atoms with E-state index in [-0.39, 0.29) is 5.57 Å². The highest BCUT2D eigenvalue weighted by atomic mass is 19.4. The number of benzene rings is 1. The van der Waals surface area contributed by atoms with Crippen molar-refractivity contribution in [1.29, 1.82) is 0 Å². The molecule has 0 N–H and O–H groups in total. The maximum absolute atomic E-state index is 12.8. The molecule has 0 saturated carbocycles. The normalized spacial score (nSPS) is 15.5. The summed E-state index contributed by atoms with van der Waals surface area (Å²) in [5, 5.41) is 0. The SMILES string of the molecule is CN(/C=C(/C(=O)C(F)(F)F)C1=CCCC=C1)c1ccccc1. The standard InChI is InChI=1S/C17H16F3NO/c1-21(14-10-6-3-7-11-14)12-15(16(22)17(18,19)20)13-8-4-2-5-9-13/h3-4,6-12H,2,5H2,1H3/b15-12+. The minimum Gasteiger partial charge on any atom is -0.350 e. The number of hydrogen-bond donors (Lipinski definition) is 0. The number of Topliss-reactive ketones (excluding diaryl/α,β-unsaturated/α-hetero) is 1. The lowest BCUT2D eigenvalue weighted by atomic mass is 9.96. The third-order valence-electron chi connectivity index (χ3n) is 3.29. The Labute approximate surface area is 127 Å². The number of rotatable bonds is 4. The van der Waals surface area contributed by atoms with Crippen LogP contribution in [0.1, 0.15) is 12.8 Å². The molecule has 0 aromatic heterocycles. The molecular formula is C17H16F3NO. The molecule has 0 saturated heterocycles. The molecule has 0 heterocycles. The van der Waals surface area contributed by atoms with Gasteiger partial charge in [-0.1, -0.05) is 36.4 Å². The molecule has 116 valence electrons. The van der Waals surface area contributed by atoms with Gasteiger partial charge in [0.15, 0.2) is 0 Å². The monoisotopic (exact) mass is 307 g/mol. The predicted molar refractivity (Wildman–Crippen MR) is 80.4 cm³/mol. The van der Waals surface area contributed by atoms with Crippen molar-refractivity contribution in [2.24, 2.45) is 0 Å². The second-order valence-electron chi connectivity index (χ2n) is 4.96. The molecule has 1 aromatic carbocycles. The largest absolute Gasteiger partial charge is 0.454 e. The van der Waals surface area contributed by atoms with Gasteiger partial charge >= 0.3 is 6.18 Å². The number of hydrogen-bond acceptors (Lipinski definition) is 2. The van der Waals surface area contributed by atoms with Crippen molar-refractivity contribution >= 4 is 11.5 Å². The summed E-state index contributed by atoms with van der Waals surface area (Å²) in [5.74, 6) is -1.83. The average molecular weight is 307 g/mol. The van der Waals surface area contributed by atoms with Gasteiger partial charge in [0.05, 0.1) is 5.57 Å². The summed E-state index contributed by atoms with van der Waals surface area (Å²) in [6.45, 7) is 0. The van der Waals surface area contributed by atoms with Crippen LogP contribution in [0.15, 0.2) is 65.9 Å². The Hall–Kier alpha value is -2.30. The number of halogens is 3. The first-order valence-electron chi connectivity index (χ1n) is 6.88. The van der Waals surface area contributed by atoms with Crippen LogP contribution in [0, 0.1) is 0 Å². The molecular weight excluding hydrogens is 291 g/mol. The second kappa shape index (κ2) is 6.64. The third-order valence-corrected chi connectivity index (χ3v) is 3.29. The zero-order valence-electron chi connectivity index (χ0n) is 12.1. The van der Waals surface area contributed by atoms with Crippen LogP contribution in [0.4, 0.5) is 18.9 Å². The van der Waals surface area contributed by atoms with E-state index in [1.165, 1.54) is 11.1 Å². The molecule has 0 radical (unpaired) electrons. The third kappa shape index (κ3) is 3.87. The van der Waals surface area contributed by atoms with Gasteiger partial charge < -0.3 is 4.90 Å². The van der Waals surface area contributed by atoms with E-state index in [0.717, 1.165) is 6.42 Å². The Kier molecular flexibility index (Phi) is 4.85. The maximum atomic E-state index is 12.8. The zero-order chi connectivity index (χ0) is 16.2. The minimum atomic E-state index is -4.89. The predicted octanol–water partition coefficient (Wildman–Crippen LogP) is 4.41. The van der Waals surface area contributed by atoms with E-state index in [9.17, 15) is 18.0 Å². The van der Waals surface area contributed by atoms with Crippen LogP contribution in [-0.2, 0) is 4.79 Å². The fraction of sp³-hybridized carbons (Fsp3) is 0.235. The summed E-state index contributed by atoms with van der Waals surface area (Å²) in [7, 11) is 1.62. The van der Waals surface area contributed by atoms with Crippen LogP contribution in [0.2, 0.25) is 0 Å². The van der Waals surface area contributed by atoms with Crippen LogP contribution in [0.3, 0.4) is 0 Å². The quantitative estimate of drug-likeness (QED) is 0.768. The number of ketones is 1. The van der Waals surface area contributed by atoms with Crippen molar-refractivity contribution < 1.29 is 18.0 Å². The molecule has 5 heteroatoms. The lowest BCUT2D eigenvalue weighted by molar-refractivity contribution is -0.166. The number of carbonyl (C=O) groups is 1. The molecule has 0 atom stereocenters. The van der Waals surface area contributed by atoms with E-state index in [1.54, 1.807) is 49.5 Å². The van der Waals surface area contributed by atoms with E-state index in [0.29, 0.717) is 17.7 Å².